The van der Waals surface area contributed by atoms with Crippen LogP contribution in [0.25, 0.3) is 0 Å². The highest BCUT2D eigenvalue weighted by molar-refractivity contribution is 5.76. The summed E-state index contributed by atoms with van der Waals surface area (Å²) < 4.78 is 10.3. The Morgan fingerprint density at radius 2 is 1.93 bits per heavy atom. The summed E-state index contributed by atoms with van der Waals surface area (Å²) in [5.74, 6) is 0.590. The first-order valence-electron chi connectivity index (χ1n) is 9.22. The third kappa shape index (κ3) is 6.68. The molecule has 1 amide bonds. The molecule has 0 saturated carbocycles. The van der Waals surface area contributed by atoms with Gasteiger partial charge in [0.05, 0.1) is 6.04 Å². The molecule has 1 atom stereocenters. The molecule has 8 nitrogen and oxygen atoms in total. The van der Waals surface area contributed by atoms with E-state index in [9.17, 15) is 9.59 Å². The third-order valence-corrected chi connectivity index (χ3v) is 4.05. The minimum atomic E-state index is -1.03. The van der Waals surface area contributed by atoms with Crippen molar-refractivity contribution >= 4 is 11.9 Å². The first-order valence-corrected chi connectivity index (χ1v) is 9.22. The average Bonchev–Trinajstić information content (AvgIpc) is 3.09. The number of ether oxygens (including phenoxy) is 1. The zero-order chi connectivity index (χ0) is 20.7. The molecule has 0 bridgehead atoms. The van der Waals surface area contributed by atoms with Crippen LogP contribution < -0.4 is 10.1 Å². The van der Waals surface area contributed by atoms with Crippen LogP contribution in [0.15, 0.2) is 28.8 Å². The Hall–Kier alpha value is -2.90. The number of amides is 1. The number of nitrogens with zero attached hydrogens (tertiary/aromatic N) is 2. The monoisotopic (exact) mass is 389 g/mol. The average molecular weight is 389 g/mol. The second-order valence-corrected chi connectivity index (χ2v) is 7.66. The van der Waals surface area contributed by atoms with E-state index in [4.69, 9.17) is 14.4 Å². The van der Waals surface area contributed by atoms with Gasteiger partial charge in [-0.15, -0.1) is 0 Å². The molecule has 0 saturated heterocycles. The molecule has 8 heteroatoms. The molecular weight excluding hydrogens is 362 g/mol. The lowest BCUT2D eigenvalue weighted by molar-refractivity contribution is -0.139. The third-order valence-electron chi connectivity index (χ3n) is 4.05. The second kappa shape index (κ2) is 9.34. The van der Waals surface area contributed by atoms with Gasteiger partial charge in [-0.2, -0.15) is 4.98 Å². The summed E-state index contributed by atoms with van der Waals surface area (Å²) in [7, 11) is 0. The Morgan fingerprint density at radius 1 is 1.25 bits per heavy atom. The summed E-state index contributed by atoms with van der Waals surface area (Å²) in [6.07, 6.45) is 1.53. The molecule has 0 spiro atoms. The molecule has 1 heterocycles. The maximum Gasteiger partial charge on any atom is 0.341 e. The van der Waals surface area contributed by atoms with Gasteiger partial charge >= 0.3 is 5.97 Å². The van der Waals surface area contributed by atoms with Crippen molar-refractivity contribution in [3.05, 3.63) is 41.5 Å². The summed E-state index contributed by atoms with van der Waals surface area (Å²) in [6, 6.07) is 6.80. The van der Waals surface area contributed by atoms with E-state index < -0.39 is 5.97 Å². The van der Waals surface area contributed by atoms with Crippen molar-refractivity contribution in [3.8, 4) is 5.75 Å². The number of benzene rings is 1. The van der Waals surface area contributed by atoms with E-state index >= 15 is 0 Å². The van der Waals surface area contributed by atoms with Crippen LogP contribution in [0.2, 0.25) is 0 Å². The van der Waals surface area contributed by atoms with Gasteiger partial charge in [0.1, 0.15) is 5.75 Å². The molecule has 28 heavy (non-hydrogen) atoms. The topological polar surface area (TPSA) is 115 Å². The number of aromatic nitrogens is 2. The maximum absolute atomic E-state index is 12.2. The fraction of sp³-hybridized carbons (Fsp3) is 0.500. The summed E-state index contributed by atoms with van der Waals surface area (Å²) in [5.41, 5.74) is 0.741. The fourth-order valence-corrected chi connectivity index (χ4v) is 2.46. The van der Waals surface area contributed by atoms with Gasteiger partial charge in [-0.05, 0) is 31.0 Å². The smallest absolute Gasteiger partial charge is 0.341 e. The van der Waals surface area contributed by atoms with Gasteiger partial charge in [0.25, 0.3) is 0 Å². The van der Waals surface area contributed by atoms with Gasteiger partial charge in [0.15, 0.2) is 12.4 Å². The van der Waals surface area contributed by atoms with Crippen molar-refractivity contribution in [1.82, 2.24) is 15.5 Å². The minimum Gasteiger partial charge on any atom is -0.482 e. The molecule has 0 aliphatic carbocycles. The van der Waals surface area contributed by atoms with Crippen molar-refractivity contribution < 1.29 is 24.0 Å². The number of nitrogens with one attached hydrogen (secondary N) is 1. The van der Waals surface area contributed by atoms with E-state index in [1.807, 2.05) is 27.7 Å². The highest BCUT2D eigenvalue weighted by Crippen LogP contribution is 2.20. The van der Waals surface area contributed by atoms with Gasteiger partial charge < -0.3 is 19.7 Å². The van der Waals surface area contributed by atoms with Gasteiger partial charge in [-0.1, -0.05) is 38.1 Å². The molecular formula is C20H27N3O5. The Labute approximate surface area is 164 Å². The van der Waals surface area contributed by atoms with Crippen LogP contribution in [0.1, 0.15) is 63.9 Å². The van der Waals surface area contributed by atoms with Crippen LogP contribution in [0.3, 0.4) is 0 Å². The predicted molar refractivity (Wildman–Crippen MR) is 102 cm³/mol. The Morgan fingerprint density at radius 3 is 2.50 bits per heavy atom. The number of aryl methyl sites for hydroxylation is 1. The lowest BCUT2D eigenvalue weighted by Gasteiger charge is -2.15. The van der Waals surface area contributed by atoms with Gasteiger partial charge in [-0.25, -0.2) is 4.79 Å². The maximum atomic E-state index is 12.2. The molecule has 0 radical (unpaired) electrons. The van der Waals surface area contributed by atoms with E-state index in [-0.39, 0.29) is 24.0 Å². The Bertz CT molecular complexity index is 793. The minimum absolute atomic E-state index is 0.0609. The number of carboxylic acids is 1. The summed E-state index contributed by atoms with van der Waals surface area (Å²) >= 11 is 0. The van der Waals surface area contributed by atoms with Crippen molar-refractivity contribution in [2.24, 2.45) is 0 Å². The first-order chi connectivity index (χ1) is 13.1. The molecule has 1 unspecified atom stereocenters. The fourth-order valence-electron chi connectivity index (χ4n) is 2.46. The van der Waals surface area contributed by atoms with Crippen LogP contribution in [-0.4, -0.2) is 33.7 Å². The SMILES string of the molecule is CC(NC(=O)CCCc1nc(C(C)(C)C)no1)c1ccc(OCC(=O)O)cc1. The molecule has 0 aliphatic rings. The Kier molecular flexibility index (Phi) is 7.14. The highest BCUT2D eigenvalue weighted by Gasteiger charge is 2.20. The van der Waals surface area contributed by atoms with E-state index in [0.29, 0.717) is 36.7 Å². The summed E-state index contributed by atoms with van der Waals surface area (Å²) in [5, 5.41) is 15.5. The van der Waals surface area contributed by atoms with Crippen LogP contribution in [0.4, 0.5) is 0 Å². The van der Waals surface area contributed by atoms with Crippen LogP contribution in [0.5, 0.6) is 5.75 Å². The number of carboxylic acid groups (broad SMARTS) is 1. The summed E-state index contributed by atoms with van der Waals surface area (Å²) in [4.78, 5) is 27.0. The van der Waals surface area contributed by atoms with E-state index in [1.165, 1.54) is 0 Å². The van der Waals surface area contributed by atoms with Gasteiger partial charge in [0, 0.05) is 18.3 Å². The van der Waals surface area contributed by atoms with Crippen molar-refractivity contribution in [3.63, 3.8) is 0 Å². The highest BCUT2D eigenvalue weighted by atomic mass is 16.5. The van der Waals surface area contributed by atoms with E-state index in [1.54, 1.807) is 24.3 Å². The Balaban J connectivity index is 1.76. The van der Waals surface area contributed by atoms with Crippen molar-refractivity contribution in [2.45, 2.75) is 58.4 Å². The number of hydrogen-bond donors (Lipinski definition) is 2. The van der Waals surface area contributed by atoms with Crippen molar-refractivity contribution in [2.75, 3.05) is 6.61 Å². The van der Waals surface area contributed by atoms with Crippen LogP contribution in [-0.2, 0) is 21.4 Å². The van der Waals surface area contributed by atoms with Crippen LogP contribution >= 0.6 is 0 Å². The normalized spacial score (nSPS) is 12.4. The molecule has 152 valence electrons. The number of carbonyl (C=O) groups excluding carboxylic acids is 1. The number of carbonyl (C=O) groups is 2. The molecule has 1 aromatic heterocycles. The van der Waals surface area contributed by atoms with Crippen molar-refractivity contribution in [1.29, 1.82) is 0 Å². The van der Waals surface area contributed by atoms with Gasteiger partial charge in [-0.3, -0.25) is 4.79 Å². The molecule has 2 N–H and O–H groups in total. The van der Waals surface area contributed by atoms with E-state index in [2.05, 4.69) is 15.5 Å². The zero-order valence-corrected chi connectivity index (χ0v) is 16.7. The first kappa shape index (κ1) is 21.4. The predicted octanol–water partition coefficient (Wildman–Crippen LogP) is 3.03. The lowest BCUT2D eigenvalue weighted by atomic mass is 9.96. The van der Waals surface area contributed by atoms with E-state index in [0.717, 1.165) is 5.56 Å². The number of rotatable bonds is 9. The quantitative estimate of drug-likeness (QED) is 0.677. The zero-order valence-electron chi connectivity index (χ0n) is 16.7. The van der Waals surface area contributed by atoms with Crippen LogP contribution in [0, 0.1) is 0 Å². The molecule has 2 aromatic rings. The number of hydrogen-bond acceptors (Lipinski definition) is 6. The molecule has 0 fully saturated rings. The molecule has 2 rings (SSSR count). The molecule has 0 aliphatic heterocycles. The standard InChI is InChI=1S/C20H27N3O5/c1-13(14-8-10-15(11-9-14)27-12-18(25)26)21-16(24)6-5-7-17-22-19(23-28-17)20(2,3)4/h8-11,13H,5-7,12H2,1-4H3,(H,21,24)(H,25,26). The number of aliphatic carboxylic acids is 1. The second-order valence-electron chi connectivity index (χ2n) is 7.66. The molecule has 1 aromatic carbocycles. The summed E-state index contributed by atoms with van der Waals surface area (Å²) in [6.45, 7) is 7.55. The van der Waals surface area contributed by atoms with Gasteiger partial charge in [0.2, 0.25) is 11.8 Å². The lowest BCUT2D eigenvalue weighted by Crippen LogP contribution is -2.26. The largest absolute Gasteiger partial charge is 0.482 e.